The normalized spacial score (nSPS) is 21.2. The smallest absolute Gasteiger partial charge is 0.416 e. The number of rotatable bonds is 13. The number of aromatic amines is 1. The highest BCUT2D eigenvalue weighted by atomic mass is 35.5. The molecule has 16 nitrogen and oxygen atoms in total. The number of hydrogen-bond acceptors (Lipinski definition) is 13. The van der Waals surface area contributed by atoms with E-state index < -0.39 is 60.7 Å². The molecule has 7 rings (SSSR count). The van der Waals surface area contributed by atoms with Gasteiger partial charge in [0, 0.05) is 67.0 Å². The van der Waals surface area contributed by atoms with Crippen molar-refractivity contribution >= 4 is 58.1 Å². The fourth-order valence-electron chi connectivity index (χ4n) is 7.49. The molecule has 0 bridgehead atoms. The third-order valence-electron chi connectivity index (χ3n) is 9.99. The largest absolute Gasteiger partial charge is 0.493 e. The van der Waals surface area contributed by atoms with Crippen LogP contribution in [0, 0.1) is 0 Å². The maximum atomic E-state index is 13.7. The molecule has 0 saturated carbocycles. The van der Waals surface area contributed by atoms with E-state index >= 15 is 0 Å². The number of H-pyrrole nitrogens is 1. The summed E-state index contributed by atoms with van der Waals surface area (Å²) >= 11 is 12.4. The molecule has 2 aliphatic rings. The molecule has 18 heteroatoms. The van der Waals surface area contributed by atoms with Crippen molar-refractivity contribution in [2.75, 3.05) is 26.4 Å². The molecule has 3 aromatic carbocycles. The van der Waals surface area contributed by atoms with E-state index in [-0.39, 0.29) is 13.2 Å². The van der Waals surface area contributed by atoms with Crippen molar-refractivity contribution < 1.29 is 52.3 Å². The van der Waals surface area contributed by atoms with Crippen LogP contribution in [0.1, 0.15) is 62.5 Å². The molecule has 6 atom stereocenters. The zero-order valence-electron chi connectivity index (χ0n) is 33.2. The van der Waals surface area contributed by atoms with Gasteiger partial charge in [-0.15, -0.1) is 5.10 Å². The first-order valence-electron chi connectivity index (χ1n) is 19.3. The number of nitrogens with one attached hydrogen (secondary N) is 1. The minimum Gasteiger partial charge on any atom is -0.493 e. The van der Waals surface area contributed by atoms with Gasteiger partial charge in [-0.05, 0) is 79.1 Å². The van der Waals surface area contributed by atoms with Gasteiger partial charge >= 0.3 is 24.0 Å². The number of fused-ring (bicyclic) bond motifs is 3. The summed E-state index contributed by atoms with van der Waals surface area (Å²) < 4.78 is 41.8. The summed E-state index contributed by atoms with van der Waals surface area (Å²) in [4.78, 5) is 55.5. The first-order chi connectivity index (χ1) is 28.9. The summed E-state index contributed by atoms with van der Waals surface area (Å²) in [6, 6.07) is 19.3. The molecule has 0 spiro atoms. The maximum Gasteiger partial charge on any atom is 0.416 e. The van der Waals surface area contributed by atoms with Gasteiger partial charge in [-0.2, -0.15) is 0 Å². The molecule has 1 saturated heterocycles. The van der Waals surface area contributed by atoms with E-state index in [1.54, 1.807) is 42.3 Å². The summed E-state index contributed by atoms with van der Waals surface area (Å²) in [7, 11) is 0. The minimum atomic E-state index is -1.25. The predicted molar refractivity (Wildman–Crippen MR) is 216 cm³/mol. The molecule has 5 aromatic rings. The summed E-state index contributed by atoms with van der Waals surface area (Å²) in [5, 5.41) is 10.7. The van der Waals surface area contributed by atoms with Gasteiger partial charge in [-0.1, -0.05) is 40.5 Å². The van der Waals surface area contributed by atoms with Crippen molar-refractivity contribution in [3.8, 4) is 11.5 Å². The molecule has 60 heavy (non-hydrogen) atoms. The van der Waals surface area contributed by atoms with Crippen LogP contribution in [0.2, 0.25) is 10.0 Å². The molecule has 1 amide bonds. The summed E-state index contributed by atoms with van der Waals surface area (Å²) in [5.74, 6) is -1.07. The Morgan fingerprint density at radius 1 is 0.850 bits per heavy atom. The van der Waals surface area contributed by atoms with Gasteiger partial charge in [-0.25, -0.2) is 9.48 Å². The molecule has 1 N–H and O–H groups in total. The van der Waals surface area contributed by atoms with E-state index in [9.17, 15) is 19.2 Å². The highest BCUT2D eigenvalue weighted by molar-refractivity contribution is 6.31. The highest BCUT2D eigenvalue weighted by Gasteiger charge is 2.53. The van der Waals surface area contributed by atoms with Crippen molar-refractivity contribution in [1.29, 1.82) is 0 Å². The standard InChI is InChI=1S/C42H43Cl2N5O11/c1-5-54-22-35-38(56-23(2)50)39(57-24(3)51)40(58-25(4)52)41(60-35)49-21-29(46-47-49)17-19-55-30-11-6-26(7-12-30)37-36-32(33-20-28(44)10-15-34(33)45-36)16-18-48(37)42(53)59-31-13-8-27(43)9-14-31/h6-15,20-21,35,37-41,45H,5,16-19,22H2,1-4H3. The Balaban J connectivity index is 1.07. The van der Waals surface area contributed by atoms with Crippen LogP contribution in [0.25, 0.3) is 10.9 Å². The zero-order valence-corrected chi connectivity index (χ0v) is 34.7. The molecule has 1 fully saturated rings. The lowest BCUT2D eigenvalue weighted by molar-refractivity contribution is -0.271. The predicted octanol–water partition coefficient (Wildman–Crippen LogP) is 6.56. The van der Waals surface area contributed by atoms with Gasteiger partial charge in [0.1, 0.15) is 23.6 Å². The zero-order chi connectivity index (χ0) is 42.5. The van der Waals surface area contributed by atoms with Gasteiger partial charge in [0.15, 0.2) is 24.5 Å². The number of aromatic nitrogens is 4. The van der Waals surface area contributed by atoms with E-state index in [0.29, 0.717) is 53.2 Å². The third-order valence-corrected chi connectivity index (χ3v) is 10.5. The van der Waals surface area contributed by atoms with Gasteiger partial charge in [0.25, 0.3) is 0 Å². The van der Waals surface area contributed by atoms with E-state index in [0.717, 1.165) is 27.7 Å². The topological polar surface area (TPSA) is 183 Å². The number of amides is 1. The Hall–Kier alpha value is -5.68. The molecule has 0 aliphatic carbocycles. The number of hydrogen-bond donors (Lipinski definition) is 1. The summed E-state index contributed by atoms with van der Waals surface area (Å²) in [6.07, 6.45) is -3.65. The number of esters is 3. The highest BCUT2D eigenvalue weighted by Crippen LogP contribution is 2.40. The molecule has 0 radical (unpaired) electrons. The third kappa shape index (κ3) is 9.68. The fourth-order valence-corrected chi connectivity index (χ4v) is 7.79. The fraction of sp³-hybridized carbons (Fsp3) is 0.381. The van der Waals surface area contributed by atoms with Gasteiger partial charge in [-0.3, -0.25) is 19.3 Å². The van der Waals surface area contributed by atoms with E-state index in [1.165, 1.54) is 25.5 Å². The van der Waals surface area contributed by atoms with Gasteiger partial charge in [0.05, 0.1) is 25.1 Å². The van der Waals surface area contributed by atoms with E-state index in [4.69, 9.17) is 56.4 Å². The van der Waals surface area contributed by atoms with Crippen molar-refractivity contribution in [2.24, 2.45) is 0 Å². The minimum absolute atomic E-state index is 0.0201. The van der Waals surface area contributed by atoms with Crippen LogP contribution in [0.4, 0.5) is 4.79 Å². The molecular formula is C42H43Cl2N5O11. The number of benzene rings is 3. The van der Waals surface area contributed by atoms with Gasteiger partial charge < -0.3 is 38.1 Å². The van der Waals surface area contributed by atoms with Crippen molar-refractivity contribution in [3.05, 3.63) is 105 Å². The summed E-state index contributed by atoms with van der Waals surface area (Å²) in [5.41, 5.74) is 4.21. The molecule has 4 heterocycles. The van der Waals surface area contributed by atoms with Gasteiger partial charge in [0.2, 0.25) is 0 Å². The Morgan fingerprint density at radius 2 is 1.52 bits per heavy atom. The van der Waals surface area contributed by atoms with E-state index in [1.807, 2.05) is 42.5 Å². The maximum absolute atomic E-state index is 13.7. The number of carbonyl (C=O) groups is 4. The number of ether oxygens (including phenoxy) is 7. The molecule has 2 aliphatic heterocycles. The average Bonchev–Trinajstić information content (AvgIpc) is 3.83. The lowest BCUT2D eigenvalue weighted by Gasteiger charge is -2.44. The van der Waals surface area contributed by atoms with Crippen LogP contribution >= 0.6 is 23.2 Å². The number of halogens is 2. The second kappa shape index (κ2) is 18.7. The Kier molecular flexibility index (Phi) is 13.2. The van der Waals surface area contributed by atoms with Crippen LogP contribution in [0.15, 0.2) is 72.9 Å². The molecule has 316 valence electrons. The monoisotopic (exact) mass is 863 g/mol. The molecular weight excluding hydrogens is 821 g/mol. The summed E-state index contributed by atoms with van der Waals surface area (Å²) in [6.45, 7) is 6.32. The molecule has 2 aromatic heterocycles. The van der Waals surface area contributed by atoms with Crippen LogP contribution in [-0.2, 0) is 50.9 Å². The number of nitrogens with zero attached hydrogens (tertiary/aromatic N) is 4. The lowest BCUT2D eigenvalue weighted by Crippen LogP contribution is -2.60. The van der Waals surface area contributed by atoms with Crippen LogP contribution in [0.3, 0.4) is 0 Å². The quantitative estimate of drug-likeness (QED) is 0.0993. The average molecular weight is 865 g/mol. The van der Waals surface area contributed by atoms with Crippen molar-refractivity contribution in [2.45, 2.75) is 77.2 Å². The van der Waals surface area contributed by atoms with E-state index in [2.05, 4.69) is 15.3 Å². The van der Waals surface area contributed by atoms with Crippen LogP contribution < -0.4 is 9.47 Å². The first kappa shape index (κ1) is 42.4. The second-order valence-corrected chi connectivity index (χ2v) is 15.1. The van der Waals surface area contributed by atoms with Crippen molar-refractivity contribution in [1.82, 2.24) is 24.9 Å². The second-order valence-electron chi connectivity index (χ2n) is 14.2. The Bertz CT molecular complexity index is 2330. The van der Waals surface area contributed by atoms with Crippen molar-refractivity contribution in [3.63, 3.8) is 0 Å². The molecule has 6 unspecified atom stereocenters. The SMILES string of the molecule is CCOCC1OC(n2cc(CCOc3ccc(C4c5[nH]c6ccc(Cl)cc6c5CCN4C(=O)Oc4ccc(Cl)cc4)cc3)nn2)C(OC(C)=O)C(OC(C)=O)C1OC(C)=O. The van der Waals surface area contributed by atoms with Crippen LogP contribution in [0.5, 0.6) is 11.5 Å². The lowest BCUT2D eigenvalue weighted by atomic mass is 9.92. The first-order valence-corrected chi connectivity index (χ1v) is 20.1. The number of carbonyl (C=O) groups excluding carboxylic acids is 4. The Morgan fingerprint density at radius 3 is 2.22 bits per heavy atom. The van der Waals surface area contributed by atoms with Crippen LogP contribution in [-0.4, -0.2) is 99.7 Å². The Labute approximate surface area is 354 Å².